The minimum atomic E-state index is -0.836. The molecule has 196 valence electrons. The molecule has 4 rings (SSSR count). The molecule has 0 radical (unpaired) electrons. The summed E-state index contributed by atoms with van der Waals surface area (Å²) in [6.07, 6.45) is 2.88. The lowest BCUT2D eigenvalue weighted by Gasteiger charge is -2.27. The molecule has 1 aliphatic heterocycles. The van der Waals surface area contributed by atoms with Crippen LogP contribution in [0.2, 0.25) is 0 Å². The van der Waals surface area contributed by atoms with Crippen LogP contribution < -0.4 is 10.6 Å². The normalized spacial score (nSPS) is 21.4. The van der Waals surface area contributed by atoms with Crippen LogP contribution in [-0.4, -0.2) is 77.8 Å². The number of aliphatic hydroxyl groups excluding tert-OH is 1. The molecule has 2 fully saturated rings. The highest BCUT2D eigenvalue weighted by Gasteiger charge is 2.40. The summed E-state index contributed by atoms with van der Waals surface area (Å²) in [6, 6.07) is 2.26. The van der Waals surface area contributed by atoms with Gasteiger partial charge in [0.05, 0.1) is 18.7 Å². The van der Waals surface area contributed by atoms with Gasteiger partial charge in [0.2, 0.25) is 5.91 Å². The Morgan fingerprint density at radius 1 is 1.25 bits per heavy atom. The fourth-order valence-corrected chi connectivity index (χ4v) is 4.88. The molecule has 0 bridgehead atoms. The lowest BCUT2D eigenvalue weighted by atomic mass is 9.95. The number of tetrazole rings is 1. The molecular formula is C23H34N8O5. The van der Waals surface area contributed by atoms with E-state index in [-0.39, 0.29) is 37.2 Å². The maximum absolute atomic E-state index is 13.4. The van der Waals surface area contributed by atoms with Crippen LogP contribution in [0, 0.1) is 5.92 Å². The molecule has 3 atom stereocenters. The van der Waals surface area contributed by atoms with Gasteiger partial charge in [-0.1, -0.05) is 18.1 Å². The van der Waals surface area contributed by atoms with E-state index in [0.29, 0.717) is 11.5 Å². The smallest absolute Gasteiger partial charge is 0.408 e. The zero-order valence-electron chi connectivity index (χ0n) is 20.8. The number of aromatic nitrogens is 5. The summed E-state index contributed by atoms with van der Waals surface area (Å²) < 4.78 is 5.46. The highest BCUT2D eigenvalue weighted by atomic mass is 16.6. The van der Waals surface area contributed by atoms with Gasteiger partial charge in [-0.2, -0.15) is 5.21 Å². The summed E-state index contributed by atoms with van der Waals surface area (Å²) in [5.41, 5.74) is 0.356. The molecule has 1 saturated carbocycles. The van der Waals surface area contributed by atoms with Crippen LogP contribution in [0.15, 0.2) is 12.1 Å². The van der Waals surface area contributed by atoms with Crippen molar-refractivity contribution in [2.45, 2.75) is 83.2 Å². The molecule has 0 aromatic carbocycles. The van der Waals surface area contributed by atoms with Crippen molar-refractivity contribution in [3.63, 3.8) is 0 Å². The fraction of sp³-hybridized carbons (Fsp3) is 0.652. The number of hydrogen-bond donors (Lipinski definition) is 5. The molecule has 2 aromatic heterocycles. The molecule has 3 heterocycles. The maximum atomic E-state index is 13.4. The van der Waals surface area contributed by atoms with E-state index in [9.17, 15) is 19.5 Å². The predicted molar refractivity (Wildman–Crippen MR) is 126 cm³/mol. The number of aliphatic hydroxyl groups is 1. The Balaban J connectivity index is 1.47. The van der Waals surface area contributed by atoms with Gasteiger partial charge in [-0.05, 0) is 51.7 Å². The first-order chi connectivity index (χ1) is 17.1. The summed E-state index contributed by atoms with van der Waals surface area (Å²) in [5, 5.41) is 29.2. The van der Waals surface area contributed by atoms with E-state index in [1.807, 2.05) is 20.8 Å². The van der Waals surface area contributed by atoms with Crippen LogP contribution in [-0.2, 0) is 16.1 Å². The number of amides is 3. The molecular weight excluding hydrogens is 468 g/mol. The van der Waals surface area contributed by atoms with E-state index in [2.05, 4.69) is 36.2 Å². The topological polar surface area (TPSA) is 178 Å². The van der Waals surface area contributed by atoms with E-state index in [0.717, 1.165) is 25.7 Å². The zero-order valence-corrected chi connectivity index (χ0v) is 20.8. The molecule has 0 unspecified atom stereocenters. The monoisotopic (exact) mass is 502 g/mol. The summed E-state index contributed by atoms with van der Waals surface area (Å²) in [6.45, 7) is 5.51. The molecule has 0 spiro atoms. The Morgan fingerprint density at radius 2 is 2.00 bits per heavy atom. The van der Waals surface area contributed by atoms with Gasteiger partial charge in [-0.3, -0.25) is 9.59 Å². The van der Waals surface area contributed by atoms with Crippen molar-refractivity contribution in [2.75, 3.05) is 6.54 Å². The largest absolute Gasteiger partial charge is 0.444 e. The second-order valence-electron chi connectivity index (χ2n) is 10.4. The summed E-state index contributed by atoms with van der Waals surface area (Å²) in [4.78, 5) is 43.2. The average Bonchev–Trinajstić information content (AvgIpc) is 3.61. The number of nitrogens with one attached hydrogen (secondary N) is 4. The number of alkyl carbamates (subject to hydrolysis) is 1. The number of H-pyrrole nitrogens is 2. The van der Waals surface area contributed by atoms with Gasteiger partial charge >= 0.3 is 6.09 Å². The minimum Gasteiger partial charge on any atom is -0.444 e. The number of carbonyl (C=O) groups is 3. The number of nitrogens with zero attached hydrogens (tertiary/aromatic N) is 4. The predicted octanol–water partition coefficient (Wildman–Crippen LogP) is 1.18. The third-order valence-electron chi connectivity index (χ3n) is 6.47. The van der Waals surface area contributed by atoms with Crippen molar-refractivity contribution in [1.82, 2.24) is 41.1 Å². The van der Waals surface area contributed by atoms with E-state index in [4.69, 9.17) is 4.74 Å². The second-order valence-corrected chi connectivity index (χ2v) is 10.4. The van der Waals surface area contributed by atoms with Crippen molar-refractivity contribution >= 4 is 17.9 Å². The van der Waals surface area contributed by atoms with Crippen LogP contribution in [0.25, 0.3) is 0 Å². The fourth-order valence-electron chi connectivity index (χ4n) is 4.88. The quantitative estimate of drug-likeness (QED) is 0.374. The second kappa shape index (κ2) is 10.6. The van der Waals surface area contributed by atoms with E-state index < -0.39 is 35.7 Å². The first kappa shape index (κ1) is 25.6. The SMILES string of the molecule is CC(C)(C)OC(=O)N[C@H](c1ccc(C(=O)N2C[C@H](O)C[C@H]2C(=O)NCc2nn[nH]n2)[nH]1)C1CCCC1. The zero-order chi connectivity index (χ0) is 25.9. The Labute approximate surface area is 208 Å². The minimum absolute atomic E-state index is 0.0374. The third kappa shape index (κ3) is 6.20. The van der Waals surface area contributed by atoms with E-state index in [1.54, 1.807) is 12.1 Å². The standard InChI is InChI=1S/C23H34N8O5/c1-23(2,3)36-22(35)26-19(13-6-4-5-7-13)15-8-9-16(25-15)21(34)31-12-14(32)10-17(31)20(33)24-11-18-27-29-30-28-18/h8-9,13-14,17,19,25,32H,4-7,10-12H2,1-3H3,(H,24,33)(H,26,35)(H,27,28,29,30)/t14-,17+,19+/m1/s1. The van der Waals surface area contributed by atoms with Gasteiger partial charge in [-0.25, -0.2) is 4.79 Å². The lowest BCUT2D eigenvalue weighted by molar-refractivity contribution is -0.125. The van der Waals surface area contributed by atoms with Gasteiger partial charge in [0.15, 0.2) is 5.82 Å². The van der Waals surface area contributed by atoms with Gasteiger partial charge in [0.1, 0.15) is 17.3 Å². The Kier molecular flexibility index (Phi) is 7.57. The molecule has 2 aromatic rings. The molecule has 5 N–H and O–H groups in total. The van der Waals surface area contributed by atoms with Crippen molar-refractivity contribution < 1.29 is 24.2 Å². The number of rotatable bonds is 7. The van der Waals surface area contributed by atoms with Crippen LogP contribution in [0.5, 0.6) is 0 Å². The Morgan fingerprint density at radius 3 is 2.67 bits per heavy atom. The highest BCUT2D eigenvalue weighted by Crippen LogP contribution is 2.36. The molecule has 3 amide bonds. The van der Waals surface area contributed by atoms with Crippen LogP contribution >= 0.6 is 0 Å². The van der Waals surface area contributed by atoms with Crippen LogP contribution in [0.1, 0.15) is 80.9 Å². The molecule has 13 heteroatoms. The van der Waals surface area contributed by atoms with Gasteiger partial charge in [0, 0.05) is 18.7 Å². The number of aromatic amines is 2. The summed E-state index contributed by atoms with van der Waals surface area (Å²) >= 11 is 0. The van der Waals surface area contributed by atoms with E-state index in [1.165, 1.54) is 4.90 Å². The molecule has 13 nitrogen and oxygen atoms in total. The van der Waals surface area contributed by atoms with Gasteiger partial charge < -0.3 is 30.4 Å². The van der Waals surface area contributed by atoms with Gasteiger partial charge in [-0.15, -0.1) is 10.2 Å². The van der Waals surface area contributed by atoms with E-state index >= 15 is 0 Å². The first-order valence-corrected chi connectivity index (χ1v) is 12.3. The molecule has 1 saturated heterocycles. The number of likely N-dealkylation sites (tertiary alicyclic amines) is 1. The molecule has 1 aliphatic carbocycles. The summed E-state index contributed by atoms with van der Waals surface area (Å²) in [7, 11) is 0. The Bertz CT molecular complexity index is 1060. The highest BCUT2D eigenvalue weighted by molar-refractivity contribution is 5.97. The van der Waals surface area contributed by atoms with Crippen molar-refractivity contribution in [2.24, 2.45) is 5.92 Å². The van der Waals surface area contributed by atoms with Crippen LogP contribution in [0.3, 0.4) is 0 Å². The number of β-amino-alcohol motifs (C(OH)–C–C–N with tert-alkyl or cyclic N) is 1. The van der Waals surface area contributed by atoms with Gasteiger partial charge in [0.25, 0.3) is 5.91 Å². The van der Waals surface area contributed by atoms with Crippen molar-refractivity contribution in [3.8, 4) is 0 Å². The molecule has 36 heavy (non-hydrogen) atoms. The summed E-state index contributed by atoms with van der Waals surface area (Å²) in [5.74, 6) is -0.285. The molecule has 2 aliphatic rings. The Hall–Kier alpha value is -3.48. The van der Waals surface area contributed by atoms with Crippen molar-refractivity contribution in [3.05, 3.63) is 29.3 Å². The maximum Gasteiger partial charge on any atom is 0.408 e. The average molecular weight is 503 g/mol. The first-order valence-electron chi connectivity index (χ1n) is 12.3. The number of hydrogen-bond acceptors (Lipinski definition) is 8. The third-order valence-corrected chi connectivity index (χ3v) is 6.47. The number of ether oxygens (including phenoxy) is 1. The van der Waals surface area contributed by atoms with Crippen LogP contribution in [0.4, 0.5) is 4.79 Å². The van der Waals surface area contributed by atoms with Crippen molar-refractivity contribution in [1.29, 1.82) is 0 Å². The number of carbonyl (C=O) groups excluding carboxylic acids is 3. The lowest BCUT2D eigenvalue weighted by Crippen LogP contribution is -2.46.